The van der Waals surface area contributed by atoms with Crippen molar-refractivity contribution in [2.75, 3.05) is 6.61 Å². The number of hydrogen-bond acceptors (Lipinski definition) is 4. The van der Waals surface area contributed by atoms with Crippen molar-refractivity contribution in [1.82, 2.24) is 10.3 Å². The molecule has 1 unspecified atom stereocenters. The normalized spacial score (nSPS) is 15.8. The van der Waals surface area contributed by atoms with Gasteiger partial charge in [-0.15, -0.1) is 11.3 Å². The van der Waals surface area contributed by atoms with Crippen molar-refractivity contribution in [2.24, 2.45) is 5.92 Å². The molecule has 1 aromatic rings. The molecule has 0 aliphatic rings. The number of rotatable bonds is 5. The fourth-order valence-electron chi connectivity index (χ4n) is 1.30. The van der Waals surface area contributed by atoms with Gasteiger partial charge >= 0.3 is 0 Å². The molecular weight excluding hydrogens is 196 g/mol. The molecule has 0 saturated heterocycles. The summed E-state index contributed by atoms with van der Waals surface area (Å²) >= 11 is 1.64. The molecule has 80 valence electrons. The predicted molar refractivity (Wildman–Crippen MR) is 59.4 cm³/mol. The molecule has 0 amide bonds. The summed E-state index contributed by atoms with van der Waals surface area (Å²) in [6.07, 6.45) is 1.81. The van der Waals surface area contributed by atoms with Crippen LogP contribution in [0.4, 0.5) is 0 Å². The quantitative estimate of drug-likeness (QED) is 0.785. The minimum absolute atomic E-state index is 0.147. The number of thiazole rings is 1. The van der Waals surface area contributed by atoms with Gasteiger partial charge in [0.25, 0.3) is 0 Å². The zero-order valence-corrected chi connectivity index (χ0v) is 9.71. The van der Waals surface area contributed by atoms with Crippen LogP contribution >= 0.6 is 11.3 Å². The molecule has 2 atom stereocenters. The molecule has 1 rings (SSSR count). The zero-order chi connectivity index (χ0) is 10.6. The van der Waals surface area contributed by atoms with Gasteiger partial charge in [0.15, 0.2) is 0 Å². The van der Waals surface area contributed by atoms with Crippen molar-refractivity contribution >= 4 is 11.3 Å². The molecule has 1 heterocycles. The summed E-state index contributed by atoms with van der Waals surface area (Å²) < 4.78 is 0. The van der Waals surface area contributed by atoms with E-state index in [0.717, 1.165) is 5.01 Å². The molecular formula is C10H18N2OS. The van der Waals surface area contributed by atoms with Gasteiger partial charge in [-0.2, -0.15) is 0 Å². The summed E-state index contributed by atoms with van der Waals surface area (Å²) in [5.41, 5.74) is 0. The van der Waals surface area contributed by atoms with Gasteiger partial charge in [0, 0.05) is 17.6 Å². The molecule has 14 heavy (non-hydrogen) atoms. The molecule has 0 saturated carbocycles. The van der Waals surface area contributed by atoms with E-state index >= 15 is 0 Å². The van der Waals surface area contributed by atoms with Crippen LogP contribution in [0.1, 0.15) is 31.8 Å². The Labute approximate surface area is 89.2 Å². The van der Waals surface area contributed by atoms with Gasteiger partial charge in [0.1, 0.15) is 5.01 Å². The van der Waals surface area contributed by atoms with E-state index in [-0.39, 0.29) is 18.7 Å². The van der Waals surface area contributed by atoms with Crippen molar-refractivity contribution in [3.63, 3.8) is 0 Å². The largest absolute Gasteiger partial charge is 0.395 e. The van der Waals surface area contributed by atoms with Gasteiger partial charge in [-0.05, 0) is 12.8 Å². The molecule has 2 N–H and O–H groups in total. The van der Waals surface area contributed by atoms with E-state index in [2.05, 4.69) is 31.1 Å². The zero-order valence-electron chi connectivity index (χ0n) is 8.90. The summed E-state index contributed by atoms with van der Waals surface area (Å²) in [7, 11) is 0. The van der Waals surface area contributed by atoms with Gasteiger partial charge in [-0.3, -0.25) is 0 Å². The van der Waals surface area contributed by atoms with Gasteiger partial charge in [-0.1, -0.05) is 13.8 Å². The fraction of sp³-hybridized carbons (Fsp3) is 0.700. The lowest BCUT2D eigenvalue weighted by molar-refractivity contribution is 0.201. The van der Waals surface area contributed by atoms with Crippen LogP contribution in [-0.4, -0.2) is 22.7 Å². The number of aliphatic hydroxyl groups is 1. The van der Waals surface area contributed by atoms with Gasteiger partial charge in [0.05, 0.1) is 12.6 Å². The van der Waals surface area contributed by atoms with Crippen molar-refractivity contribution < 1.29 is 5.11 Å². The van der Waals surface area contributed by atoms with Crippen molar-refractivity contribution in [3.8, 4) is 0 Å². The summed E-state index contributed by atoms with van der Waals surface area (Å²) in [6, 6.07) is 0.364. The second-order valence-electron chi connectivity index (χ2n) is 3.79. The SMILES string of the molecule is CC(N[C@H](CO)C(C)C)c1nccs1. The maximum Gasteiger partial charge on any atom is 0.109 e. The highest BCUT2D eigenvalue weighted by atomic mass is 32.1. The van der Waals surface area contributed by atoms with Gasteiger partial charge in [-0.25, -0.2) is 4.98 Å². The molecule has 0 fully saturated rings. The summed E-state index contributed by atoms with van der Waals surface area (Å²) in [5, 5.41) is 15.6. The van der Waals surface area contributed by atoms with E-state index in [0.29, 0.717) is 5.92 Å². The first kappa shape index (κ1) is 11.6. The maximum atomic E-state index is 9.16. The summed E-state index contributed by atoms with van der Waals surface area (Å²) in [5.74, 6) is 0.433. The standard InChI is InChI=1S/C10H18N2OS/c1-7(2)9(6-13)12-8(3)10-11-4-5-14-10/h4-5,7-9,12-13H,6H2,1-3H3/t8?,9-/m1/s1. The smallest absolute Gasteiger partial charge is 0.109 e. The first-order chi connectivity index (χ1) is 6.65. The van der Waals surface area contributed by atoms with Crippen molar-refractivity contribution in [3.05, 3.63) is 16.6 Å². The highest BCUT2D eigenvalue weighted by molar-refractivity contribution is 7.09. The molecule has 0 aliphatic carbocycles. The molecule has 0 radical (unpaired) electrons. The van der Waals surface area contributed by atoms with Gasteiger partial charge < -0.3 is 10.4 Å². The second kappa shape index (κ2) is 5.44. The van der Waals surface area contributed by atoms with Gasteiger partial charge in [0.2, 0.25) is 0 Å². The average molecular weight is 214 g/mol. The minimum Gasteiger partial charge on any atom is -0.395 e. The van der Waals surface area contributed by atoms with Crippen LogP contribution in [-0.2, 0) is 0 Å². The topological polar surface area (TPSA) is 45.1 Å². The van der Waals surface area contributed by atoms with Crippen molar-refractivity contribution in [1.29, 1.82) is 0 Å². The third kappa shape index (κ3) is 3.04. The number of aromatic nitrogens is 1. The third-order valence-electron chi connectivity index (χ3n) is 2.29. The Morgan fingerprint density at radius 1 is 1.50 bits per heavy atom. The average Bonchev–Trinajstić information content (AvgIpc) is 2.65. The van der Waals surface area contributed by atoms with Crippen LogP contribution < -0.4 is 5.32 Å². The van der Waals surface area contributed by atoms with Crippen LogP contribution in [0, 0.1) is 5.92 Å². The first-order valence-corrected chi connectivity index (χ1v) is 5.79. The van der Waals surface area contributed by atoms with Crippen LogP contribution in [0.3, 0.4) is 0 Å². The molecule has 0 spiro atoms. The van der Waals surface area contributed by atoms with E-state index in [4.69, 9.17) is 5.11 Å². The van der Waals surface area contributed by atoms with Crippen LogP contribution in [0.5, 0.6) is 0 Å². The lowest BCUT2D eigenvalue weighted by Crippen LogP contribution is -2.38. The molecule has 1 aromatic heterocycles. The fourth-order valence-corrected chi connectivity index (χ4v) is 1.95. The van der Waals surface area contributed by atoms with Crippen LogP contribution in [0.15, 0.2) is 11.6 Å². The Morgan fingerprint density at radius 2 is 2.21 bits per heavy atom. The highest BCUT2D eigenvalue weighted by Gasteiger charge is 2.16. The molecule has 0 bridgehead atoms. The Bertz CT molecular complexity index is 249. The second-order valence-corrected chi connectivity index (χ2v) is 4.72. The monoisotopic (exact) mass is 214 g/mol. The Balaban J connectivity index is 2.51. The van der Waals surface area contributed by atoms with Crippen molar-refractivity contribution in [2.45, 2.75) is 32.9 Å². The van der Waals surface area contributed by atoms with E-state index < -0.39 is 0 Å². The summed E-state index contributed by atoms with van der Waals surface area (Å²) in [6.45, 7) is 6.45. The highest BCUT2D eigenvalue weighted by Crippen LogP contribution is 2.16. The Hall–Kier alpha value is -0.450. The Morgan fingerprint density at radius 3 is 2.64 bits per heavy atom. The third-order valence-corrected chi connectivity index (χ3v) is 3.25. The van der Waals surface area contributed by atoms with E-state index in [9.17, 15) is 0 Å². The predicted octanol–water partition coefficient (Wildman–Crippen LogP) is 1.81. The van der Waals surface area contributed by atoms with E-state index in [1.807, 2.05) is 11.6 Å². The molecule has 0 aliphatic heterocycles. The number of aliphatic hydroxyl groups excluding tert-OH is 1. The minimum atomic E-state index is 0.147. The van der Waals surface area contributed by atoms with Crippen LogP contribution in [0.25, 0.3) is 0 Å². The first-order valence-electron chi connectivity index (χ1n) is 4.91. The maximum absolute atomic E-state index is 9.16. The van der Waals surface area contributed by atoms with E-state index in [1.54, 1.807) is 11.3 Å². The lowest BCUT2D eigenvalue weighted by Gasteiger charge is -2.23. The lowest BCUT2D eigenvalue weighted by atomic mass is 10.0. The summed E-state index contributed by atoms with van der Waals surface area (Å²) in [4.78, 5) is 4.24. The molecule has 4 heteroatoms. The number of nitrogens with one attached hydrogen (secondary N) is 1. The number of nitrogens with zero attached hydrogens (tertiary/aromatic N) is 1. The van der Waals surface area contributed by atoms with E-state index in [1.165, 1.54) is 0 Å². The molecule has 3 nitrogen and oxygen atoms in total. The number of hydrogen-bond donors (Lipinski definition) is 2. The van der Waals surface area contributed by atoms with Crippen LogP contribution in [0.2, 0.25) is 0 Å². The Kier molecular flexibility index (Phi) is 4.51. The molecule has 0 aromatic carbocycles.